The fourth-order valence-electron chi connectivity index (χ4n) is 4.29. The van der Waals surface area contributed by atoms with Gasteiger partial charge in [0.1, 0.15) is 11.8 Å². The topological polar surface area (TPSA) is 101 Å². The molecule has 0 spiro atoms. The molecule has 0 saturated heterocycles. The first kappa shape index (κ1) is 25.3. The highest BCUT2D eigenvalue weighted by Crippen LogP contribution is 2.27. The van der Waals surface area contributed by atoms with Crippen molar-refractivity contribution in [3.05, 3.63) is 54.0 Å². The SMILES string of the molecule is CCCCN(C(=O)CNC(=O)c1ccco1)C(C(=O)NC1CCCCC1)c1cccc(OC)c1. The van der Waals surface area contributed by atoms with Crippen LogP contribution >= 0.6 is 0 Å². The van der Waals surface area contributed by atoms with E-state index in [1.54, 1.807) is 30.2 Å². The standard InChI is InChI=1S/C26H35N3O5/c1-3-4-15-29(23(30)18-27-25(31)22-14-9-16-34-22)24(19-10-8-13-21(17-19)33-2)26(32)28-20-11-6-5-7-12-20/h8-10,13-14,16-17,20,24H,3-7,11-12,15,18H2,1-2H3,(H,27,31)(H,28,32). The Morgan fingerprint density at radius 2 is 1.94 bits per heavy atom. The van der Waals surface area contributed by atoms with Crippen LogP contribution in [-0.2, 0) is 9.59 Å². The van der Waals surface area contributed by atoms with Gasteiger partial charge in [-0.15, -0.1) is 0 Å². The number of carbonyl (C=O) groups excluding carboxylic acids is 3. The van der Waals surface area contributed by atoms with Crippen molar-refractivity contribution >= 4 is 17.7 Å². The van der Waals surface area contributed by atoms with Gasteiger partial charge in [-0.3, -0.25) is 14.4 Å². The number of benzene rings is 1. The van der Waals surface area contributed by atoms with Crippen LogP contribution in [0.15, 0.2) is 47.1 Å². The minimum absolute atomic E-state index is 0.108. The molecule has 1 aromatic carbocycles. The average molecular weight is 470 g/mol. The molecule has 2 N–H and O–H groups in total. The lowest BCUT2D eigenvalue weighted by Crippen LogP contribution is -2.49. The summed E-state index contributed by atoms with van der Waals surface area (Å²) in [4.78, 5) is 40.8. The van der Waals surface area contributed by atoms with E-state index in [0.29, 0.717) is 17.9 Å². The van der Waals surface area contributed by atoms with Crippen LogP contribution in [0.2, 0.25) is 0 Å². The third-order valence-electron chi connectivity index (χ3n) is 6.14. The maximum Gasteiger partial charge on any atom is 0.287 e. The zero-order valence-electron chi connectivity index (χ0n) is 20.0. The molecule has 34 heavy (non-hydrogen) atoms. The van der Waals surface area contributed by atoms with E-state index in [1.165, 1.54) is 18.8 Å². The molecule has 1 aromatic heterocycles. The van der Waals surface area contributed by atoms with Gasteiger partial charge in [0.2, 0.25) is 11.8 Å². The highest BCUT2D eigenvalue weighted by molar-refractivity contribution is 5.95. The summed E-state index contributed by atoms with van der Waals surface area (Å²) in [5.74, 6) is -0.269. The van der Waals surface area contributed by atoms with Gasteiger partial charge in [0.25, 0.3) is 5.91 Å². The lowest BCUT2D eigenvalue weighted by atomic mass is 9.94. The van der Waals surface area contributed by atoms with Gasteiger partial charge in [-0.2, -0.15) is 0 Å². The predicted molar refractivity (Wildman–Crippen MR) is 128 cm³/mol. The molecule has 1 fully saturated rings. The van der Waals surface area contributed by atoms with Gasteiger partial charge < -0.3 is 24.7 Å². The lowest BCUT2D eigenvalue weighted by Gasteiger charge is -2.33. The van der Waals surface area contributed by atoms with Crippen molar-refractivity contribution in [2.75, 3.05) is 20.2 Å². The van der Waals surface area contributed by atoms with Gasteiger partial charge in [-0.05, 0) is 49.1 Å². The Labute approximate surface area is 201 Å². The van der Waals surface area contributed by atoms with Crippen LogP contribution in [0.3, 0.4) is 0 Å². The summed E-state index contributed by atoms with van der Waals surface area (Å²) in [5.41, 5.74) is 0.675. The quantitative estimate of drug-likeness (QED) is 0.521. The Balaban J connectivity index is 1.84. The fourth-order valence-corrected chi connectivity index (χ4v) is 4.29. The smallest absolute Gasteiger partial charge is 0.287 e. The summed E-state index contributed by atoms with van der Waals surface area (Å²) in [6.07, 6.45) is 8.24. The van der Waals surface area contributed by atoms with Crippen LogP contribution in [0, 0.1) is 0 Å². The second-order valence-corrected chi connectivity index (χ2v) is 8.62. The molecule has 2 aromatic rings. The van der Waals surface area contributed by atoms with E-state index >= 15 is 0 Å². The number of furan rings is 1. The second-order valence-electron chi connectivity index (χ2n) is 8.62. The normalized spacial score (nSPS) is 14.8. The molecule has 3 rings (SSSR count). The number of hydrogen-bond donors (Lipinski definition) is 2. The maximum absolute atomic E-state index is 13.6. The zero-order chi connectivity index (χ0) is 24.3. The van der Waals surface area contributed by atoms with Crippen molar-refractivity contribution in [3.63, 3.8) is 0 Å². The van der Waals surface area contributed by atoms with Crippen molar-refractivity contribution in [2.24, 2.45) is 0 Å². The molecule has 1 saturated carbocycles. The molecule has 184 valence electrons. The molecule has 1 atom stereocenters. The van der Waals surface area contributed by atoms with E-state index in [0.717, 1.165) is 38.5 Å². The number of rotatable bonds is 11. The molecule has 1 aliphatic rings. The van der Waals surface area contributed by atoms with E-state index in [4.69, 9.17) is 9.15 Å². The molecule has 1 heterocycles. The third kappa shape index (κ3) is 6.85. The number of nitrogens with one attached hydrogen (secondary N) is 2. The van der Waals surface area contributed by atoms with Crippen LogP contribution in [-0.4, -0.2) is 48.9 Å². The number of methoxy groups -OCH3 is 1. The second kappa shape index (κ2) is 12.8. The van der Waals surface area contributed by atoms with E-state index < -0.39 is 11.9 Å². The number of hydrogen-bond acceptors (Lipinski definition) is 5. The van der Waals surface area contributed by atoms with Gasteiger partial charge in [-0.1, -0.05) is 44.7 Å². The van der Waals surface area contributed by atoms with Crippen molar-refractivity contribution in [1.29, 1.82) is 0 Å². The Morgan fingerprint density at radius 3 is 2.62 bits per heavy atom. The van der Waals surface area contributed by atoms with Crippen LogP contribution in [0.1, 0.15) is 74.0 Å². The molecule has 3 amide bonds. The van der Waals surface area contributed by atoms with Gasteiger partial charge in [0.05, 0.1) is 19.9 Å². The number of nitrogens with zero attached hydrogens (tertiary/aromatic N) is 1. The van der Waals surface area contributed by atoms with Gasteiger partial charge in [-0.25, -0.2) is 0 Å². The molecule has 0 aliphatic heterocycles. The van der Waals surface area contributed by atoms with Crippen molar-refractivity contribution in [3.8, 4) is 5.75 Å². The minimum Gasteiger partial charge on any atom is -0.497 e. The third-order valence-corrected chi connectivity index (χ3v) is 6.14. The van der Waals surface area contributed by atoms with Gasteiger partial charge in [0, 0.05) is 12.6 Å². The first-order chi connectivity index (χ1) is 16.5. The monoisotopic (exact) mass is 469 g/mol. The summed E-state index contributed by atoms with van der Waals surface area (Å²) in [7, 11) is 1.57. The Morgan fingerprint density at radius 1 is 1.15 bits per heavy atom. The highest BCUT2D eigenvalue weighted by atomic mass is 16.5. The Kier molecular flexibility index (Phi) is 9.55. The maximum atomic E-state index is 13.6. The molecule has 8 heteroatoms. The van der Waals surface area contributed by atoms with Crippen LogP contribution in [0.4, 0.5) is 0 Å². The first-order valence-corrected chi connectivity index (χ1v) is 12.1. The molecular weight excluding hydrogens is 434 g/mol. The summed E-state index contributed by atoms with van der Waals surface area (Å²) >= 11 is 0. The Hall–Kier alpha value is -3.29. The van der Waals surface area contributed by atoms with Crippen molar-refractivity contribution in [2.45, 2.75) is 64.0 Å². The van der Waals surface area contributed by atoms with E-state index in [-0.39, 0.29) is 30.2 Å². The van der Waals surface area contributed by atoms with Crippen LogP contribution in [0.25, 0.3) is 0 Å². The van der Waals surface area contributed by atoms with Crippen LogP contribution < -0.4 is 15.4 Å². The first-order valence-electron chi connectivity index (χ1n) is 12.1. The molecule has 1 unspecified atom stereocenters. The lowest BCUT2D eigenvalue weighted by molar-refractivity contribution is -0.140. The summed E-state index contributed by atoms with van der Waals surface area (Å²) in [5, 5.41) is 5.79. The molecule has 0 radical (unpaired) electrons. The number of carbonyl (C=O) groups is 3. The largest absolute Gasteiger partial charge is 0.497 e. The number of ether oxygens (including phenoxy) is 1. The average Bonchev–Trinajstić information content (AvgIpc) is 3.40. The zero-order valence-corrected chi connectivity index (χ0v) is 20.0. The Bertz CT molecular complexity index is 938. The van der Waals surface area contributed by atoms with Crippen molar-refractivity contribution in [1.82, 2.24) is 15.5 Å². The fraction of sp³-hybridized carbons (Fsp3) is 0.500. The van der Waals surface area contributed by atoms with Gasteiger partial charge >= 0.3 is 0 Å². The summed E-state index contributed by atoms with van der Waals surface area (Å²) in [6, 6.07) is 9.68. The summed E-state index contributed by atoms with van der Waals surface area (Å²) in [6.45, 7) is 2.19. The van der Waals surface area contributed by atoms with Crippen LogP contribution in [0.5, 0.6) is 5.75 Å². The van der Waals surface area contributed by atoms with Crippen molar-refractivity contribution < 1.29 is 23.5 Å². The molecule has 0 bridgehead atoms. The van der Waals surface area contributed by atoms with Gasteiger partial charge in [0.15, 0.2) is 5.76 Å². The molecule has 8 nitrogen and oxygen atoms in total. The minimum atomic E-state index is -0.823. The summed E-state index contributed by atoms with van der Waals surface area (Å²) < 4.78 is 10.5. The molecular formula is C26H35N3O5. The van der Waals surface area contributed by atoms with E-state index in [2.05, 4.69) is 10.6 Å². The number of unbranched alkanes of at least 4 members (excludes halogenated alkanes) is 1. The number of amides is 3. The van der Waals surface area contributed by atoms with E-state index in [9.17, 15) is 14.4 Å². The van der Waals surface area contributed by atoms with E-state index in [1.807, 2.05) is 19.1 Å². The highest BCUT2D eigenvalue weighted by Gasteiger charge is 2.33. The predicted octanol–water partition coefficient (Wildman–Crippen LogP) is 3.84. The molecule has 1 aliphatic carbocycles.